The van der Waals surface area contributed by atoms with Crippen LogP contribution in [0.2, 0.25) is 0 Å². The quantitative estimate of drug-likeness (QED) is 0.733. The van der Waals surface area contributed by atoms with Crippen molar-refractivity contribution in [2.75, 3.05) is 13.1 Å². The lowest BCUT2D eigenvalue weighted by Crippen LogP contribution is -2.14. The van der Waals surface area contributed by atoms with Crippen molar-refractivity contribution in [1.82, 2.24) is 15.3 Å². The van der Waals surface area contributed by atoms with E-state index in [2.05, 4.69) is 15.3 Å². The second-order valence-corrected chi connectivity index (χ2v) is 4.00. The highest BCUT2D eigenvalue weighted by Crippen LogP contribution is 2.22. The fourth-order valence-corrected chi connectivity index (χ4v) is 1.89. The van der Waals surface area contributed by atoms with Crippen LogP contribution in [0.1, 0.15) is 36.6 Å². The summed E-state index contributed by atoms with van der Waals surface area (Å²) < 4.78 is 0. The van der Waals surface area contributed by atoms with Crippen molar-refractivity contribution in [1.29, 1.82) is 0 Å². The smallest absolute Gasteiger partial charge is 0.131 e. The summed E-state index contributed by atoms with van der Waals surface area (Å²) in [6, 6.07) is 0. The lowest BCUT2D eigenvalue weighted by atomic mass is 10.00. The molecule has 3 nitrogen and oxygen atoms in total. The molecule has 76 valence electrons. The second kappa shape index (κ2) is 4.51. The van der Waals surface area contributed by atoms with Crippen molar-refractivity contribution in [3.63, 3.8) is 0 Å². The average molecular weight is 191 g/mol. The minimum atomic E-state index is 0.561. The zero-order valence-electron chi connectivity index (χ0n) is 8.66. The van der Waals surface area contributed by atoms with Gasteiger partial charge in [0.05, 0.1) is 0 Å². The van der Waals surface area contributed by atoms with Crippen LogP contribution < -0.4 is 5.32 Å². The summed E-state index contributed by atoms with van der Waals surface area (Å²) in [6.45, 7) is 4.27. The van der Waals surface area contributed by atoms with Gasteiger partial charge in [-0.25, -0.2) is 9.97 Å². The van der Waals surface area contributed by atoms with Crippen LogP contribution in [0.3, 0.4) is 0 Å². The summed E-state index contributed by atoms with van der Waals surface area (Å²) in [4.78, 5) is 8.81. The summed E-state index contributed by atoms with van der Waals surface area (Å²) >= 11 is 0. The summed E-state index contributed by atoms with van der Waals surface area (Å²) in [7, 11) is 0. The van der Waals surface area contributed by atoms with Gasteiger partial charge in [-0.15, -0.1) is 0 Å². The predicted octanol–water partition coefficient (Wildman–Crippen LogP) is 1.64. The molecule has 0 radical (unpaired) electrons. The van der Waals surface area contributed by atoms with Gasteiger partial charge in [-0.05, 0) is 44.8 Å². The fourth-order valence-electron chi connectivity index (χ4n) is 1.89. The lowest BCUT2D eigenvalue weighted by Gasteiger charge is -2.11. The van der Waals surface area contributed by atoms with Crippen molar-refractivity contribution in [2.24, 2.45) is 0 Å². The van der Waals surface area contributed by atoms with Crippen molar-refractivity contribution in [3.8, 4) is 0 Å². The molecule has 1 aliphatic heterocycles. The van der Waals surface area contributed by atoms with Crippen LogP contribution >= 0.6 is 0 Å². The molecule has 1 aliphatic rings. The molecular formula is C11H17N3. The molecule has 0 bridgehead atoms. The highest BCUT2D eigenvalue weighted by Gasteiger charge is 2.15. The van der Waals surface area contributed by atoms with E-state index in [9.17, 15) is 0 Å². The zero-order chi connectivity index (χ0) is 9.80. The van der Waals surface area contributed by atoms with Gasteiger partial charge in [-0.1, -0.05) is 0 Å². The summed E-state index contributed by atoms with van der Waals surface area (Å²) in [5.74, 6) is 1.59. The molecule has 14 heavy (non-hydrogen) atoms. The molecular weight excluding hydrogens is 174 g/mol. The Labute approximate surface area is 85.0 Å². The van der Waals surface area contributed by atoms with Gasteiger partial charge in [-0.3, -0.25) is 0 Å². The first-order valence-corrected chi connectivity index (χ1v) is 5.35. The summed E-state index contributed by atoms with van der Waals surface area (Å²) in [5.41, 5.74) is 1.14. The van der Waals surface area contributed by atoms with Gasteiger partial charge in [0, 0.05) is 18.3 Å². The Morgan fingerprint density at radius 1 is 1.21 bits per heavy atom. The van der Waals surface area contributed by atoms with Gasteiger partial charge in [0.2, 0.25) is 0 Å². The van der Waals surface area contributed by atoms with E-state index in [-0.39, 0.29) is 0 Å². The van der Waals surface area contributed by atoms with E-state index >= 15 is 0 Å². The minimum absolute atomic E-state index is 0.561. The van der Waals surface area contributed by atoms with Crippen LogP contribution in [-0.4, -0.2) is 23.1 Å². The molecule has 0 aliphatic carbocycles. The summed E-state index contributed by atoms with van der Waals surface area (Å²) in [6.07, 6.45) is 7.46. The Bertz CT molecular complexity index is 273. The monoisotopic (exact) mass is 191 g/mol. The number of aromatic nitrogens is 2. The van der Waals surface area contributed by atoms with E-state index in [1.807, 2.05) is 19.3 Å². The second-order valence-electron chi connectivity index (χ2n) is 4.00. The lowest BCUT2D eigenvalue weighted by molar-refractivity contribution is 0.574. The Morgan fingerprint density at radius 3 is 2.79 bits per heavy atom. The zero-order valence-corrected chi connectivity index (χ0v) is 8.66. The largest absolute Gasteiger partial charge is 0.317 e. The van der Waals surface area contributed by atoms with Crippen LogP contribution in [0.25, 0.3) is 0 Å². The van der Waals surface area contributed by atoms with Crippen LogP contribution in [0, 0.1) is 6.92 Å². The molecule has 0 aromatic carbocycles. The highest BCUT2D eigenvalue weighted by atomic mass is 14.9. The molecule has 3 heteroatoms. The van der Waals surface area contributed by atoms with Gasteiger partial charge >= 0.3 is 0 Å². The summed E-state index contributed by atoms with van der Waals surface area (Å²) in [5, 5.41) is 3.40. The van der Waals surface area contributed by atoms with Crippen LogP contribution in [0.4, 0.5) is 0 Å². The minimum Gasteiger partial charge on any atom is -0.317 e. The molecule has 1 unspecified atom stereocenters. The van der Waals surface area contributed by atoms with Gasteiger partial charge in [0.25, 0.3) is 0 Å². The SMILES string of the molecule is Cc1cnc(C2CCCNCC2)nc1. The number of rotatable bonds is 1. The van der Waals surface area contributed by atoms with E-state index in [0.29, 0.717) is 5.92 Å². The van der Waals surface area contributed by atoms with Gasteiger partial charge in [-0.2, -0.15) is 0 Å². The Morgan fingerprint density at radius 2 is 2.00 bits per heavy atom. The maximum Gasteiger partial charge on any atom is 0.131 e. The number of hydrogen-bond donors (Lipinski definition) is 1. The van der Waals surface area contributed by atoms with Gasteiger partial charge < -0.3 is 5.32 Å². The molecule has 1 saturated heterocycles. The highest BCUT2D eigenvalue weighted by molar-refractivity contribution is 5.05. The molecule has 1 aromatic heterocycles. The molecule has 2 rings (SSSR count). The Kier molecular flexibility index (Phi) is 3.09. The number of aryl methyl sites for hydroxylation is 1. The van der Waals surface area contributed by atoms with Gasteiger partial charge in [0.1, 0.15) is 5.82 Å². The molecule has 1 N–H and O–H groups in total. The number of nitrogens with zero attached hydrogens (tertiary/aromatic N) is 2. The maximum absolute atomic E-state index is 4.40. The molecule has 0 amide bonds. The van der Waals surface area contributed by atoms with E-state index in [4.69, 9.17) is 0 Å². The first kappa shape index (κ1) is 9.59. The Balaban J connectivity index is 2.08. The first-order chi connectivity index (χ1) is 6.86. The topological polar surface area (TPSA) is 37.8 Å². The number of hydrogen-bond acceptors (Lipinski definition) is 3. The molecule has 1 aromatic rings. The predicted molar refractivity (Wildman–Crippen MR) is 56.2 cm³/mol. The van der Waals surface area contributed by atoms with Gasteiger partial charge in [0.15, 0.2) is 0 Å². The molecule has 2 heterocycles. The third kappa shape index (κ3) is 2.29. The molecule has 1 atom stereocenters. The van der Waals surface area contributed by atoms with E-state index < -0.39 is 0 Å². The average Bonchev–Trinajstić information content (AvgIpc) is 2.47. The molecule has 0 saturated carbocycles. The van der Waals surface area contributed by atoms with Crippen LogP contribution in [0.15, 0.2) is 12.4 Å². The van der Waals surface area contributed by atoms with Crippen molar-refractivity contribution in [2.45, 2.75) is 32.1 Å². The fraction of sp³-hybridized carbons (Fsp3) is 0.636. The van der Waals surface area contributed by atoms with Crippen LogP contribution in [0.5, 0.6) is 0 Å². The van der Waals surface area contributed by atoms with E-state index in [1.165, 1.54) is 19.3 Å². The van der Waals surface area contributed by atoms with Crippen molar-refractivity contribution >= 4 is 0 Å². The molecule has 1 fully saturated rings. The molecule has 0 spiro atoms. The van der Waals surface area contributed by atoms with E-state index in [0.717, 1.165) is 24.5 Å². The van der Waals surface area contributed by atoms with Crippen LogP contribution in [-0.2, 0) is 0 Å². The third-order valence-corrected chi connectivity index (χ3v) is 2.74. The third-order valence-electron chi connectivity index (χ3n) is 2.74. The Hall–Kier alpha value is -0.960. The van der Waals surface area contributed by atoms with Crippen molar-refractivity contribution < 1.29 is 0 Å². The van der Waals surface area contributed by atoms with Crippen molar-refractivity contribution in [3.05, 3.63) is 23.8 Å². The number of nitrogens with one attached hydrogen (secondary N) is 1. The van der Waals surface area contributed by atoms with E-state index in [1.54, 1.807) is 0 Å². The standard InChI is InChI=1S/C11H17N3/c1-9-7-13-11(14-8-9)10-3-2-5-12-6-4-10/h7-8,10,12H,2-6H2,1H3. The normalized spacial score (nSPS) is 23.1. The first-order valence-electron chi connectivity index (χ1n) is 5.35. The maximum atomic E-state index is 4.40.